The molecule has 0 aliphatic carbocycles. The lowest BCUT2D eigenvalue weighted by atomic mass is 9.91. The third-order valence-electron chi connectivity index (χ3n) is 5.24. The monoisotopic (exact) mass is 475 g/mol. The predicted octanol–water partition coefficient (Wildman–Crippen LogP) is 5.21. The second-order valence-corrected chi connectivity index (χ2v) is 7.73. The van der Waals surface area contributed by atoms with Crippen molar-refractivity contribution in [1.82, 2.24) is 5.32 Å². The maximum atomic E-state index is 12.5. The Hall–Kier alpha value is -3.75. The molecule has 0 aliphatic heterocycles. The van der Waals surface area contributed by atoms with Gasteiger partial charge >= 0.3 is 6.36 Å². The molecule has 0 heterocycles. The van der Waals surface area contributed by atoms with Gasteiger partial charge in [-0.2, -0.15) is 0 Å². The molecule has 9 heteroatoms. The van der Waals surface area contributed by atoms with Crippen LogP contribution in [0.5, 0.6) is 5.75 Å². The zero-order valence-corrected chi connectivity index (χ0v) is 19.5. The third kappa shape index (κ3) is 6.63. The Kier molecular flexibility index (Phi) is 8.51. The summed E-state index contributed by atoms with van der Waals surface area (Å²) >= 11 is 0. The summed E-state index contributed by atoms with van der Waals surface area (Å²) in [6.07, 6.45) is -1.02. The number of carbonyl (C=O) groups excluding carboxylic acids is 2. The fourth-order valence-corrected chi connectivity index (χ4v) is 3.55. The standard InChI is InChI=1S/C25H28F3N3O3/c1-6-15(3)14-31(5)23-16(4)20(17-8-10-19(11-9-17)34-25(26,27)28)12-18(22(23)24(29)33)13-30-21(32)7-2/h7-12,14H,2,6,13H2,1,3-5H3,(H2,29,33)(H,30,32)/b15-14+. The fraction of sp³-hybridized carbons (Fsp3) is 0.280. The number of benzene rings is 2. The molecule has 6 nitrogen and oxygen atoms in total. The van der Waals surface area contributed by atoms with E-state index in [4.69, 9.17) is 5.73 Å². The molecule has 182 valence electrons. The Morgan fingerprint density at radius 2 is 1.85 bits per heavy atom. The number of carbonyl (C=O) groups is 2. The summed E-state index contributed by atoms with van der Waals surface area (Å²) in [5.74, 6) is -1.45. The van der Waals surface area contributed by atoms with Crippen LogP contribution >= 0.6 is 0 Å². The van der Waals surface area contributed by atoms with E-state index in [2.05, 4.69) is 16.6 Å². The number of ether oxygens (including phenoxy) is 1. The van der Waals surface area contributed by atoms with Crippen LogP contribution < -0.4 is 20.7 Å². The number of hydrogen-bond acceptors (Lipinski definition) is 4. The van der Waals surface area contributed by atoms with Crippen LogP contribution in [-0.4, -0.2) is 25.2 Å². The first kappa shape index (κ1) is 26.5. The molecular formula is C25H28F3N3O3. The number of primary amides is 1. The van der Waals surface area contributed by atoms with E-state index in [1.165, 1.54) is 24.3 Å². The summed E-state index contributed by atoms with van der Waals surface area (Å²) in [6, 6.07) is 7.13. The third-order valence-corrected chi connectivity index (χ3v) is 5.24. The van der Waals surface area contributed by atoms with Gasteiger partial charge in [0.15, 0.2) is 0 Å². The van der Waals surface area contributed by atoms with Crippen molar-refractivity contribution in [3.05, 3.63) is 71.5 Å². The molecule has 2 rings (SSSR count). The normalized spacial score (nSPS) is 11.7. The Morgan fingerprint density at radius 3 is 2.35 bits per heavy atom. The number of amides is 2. The zero-order valence-electron chi connectivity index (χ0n) is 19.5. The lowest BCUT2D eigenvalue weighted by molar-refractivity contribution is -0.274. The molecule has 3 N–H and O–H groups in total. The summed E-state index contributed by atoms with van der Waals surface area (Å²) in [6.45, 7) is 9.17. The molecule has 34 heavy (non-hydrogen) atoms. The molecule has 2 aromatic rings. The summed E-state index contributed by atoms with van der Waals surface area (Å²) in [5.41, 5.74) is 10.0. The Labute approximate surface area is 196 Å². The summed E-state index contributed by atoms with van der Waals surface area (Å²) in [7, 11) is 1.78. The first-order valence-corrected chi connectivity index (χ1v) is 10.5. The van der Waals surface area contributed by atoms with Gasteiger partial charge < -0.3 is 20.7 Å². The van der Waals surface area contributed by atoms with Gasteiger partial charge in [-0.25, -0.2) is 0 Å². The molecule has 2 aromatic carbocycles. The van der Waals surface area contributed by atoms with Crippen LogP contribution in [0.2, 0.25) is 0 Å². The van der Waals surface area contributed by atoms with Gasteiger partial charge in [-0.15, -0.1) is 13.2 Å². The van der Waals surface area contributed by atoms with Gasteiger partial charge in [0.1, 0.15) is 5.75 Å². The number of halogens is 3. The Bertz CT molecular complexity index is 1110. The van der Waals surface area contributed by atoms with E-state index < -0.39 is 18.2 Å². The molecule has 0 fully saturated rings. The molecule has 0 saturated heterocycles. The maximum absolute atomic E-state index is 12.5. The molecule has 2 amide bonds. The van der Waals surface area contributed by atoms with Gasteiger partial charge in [0, 0.05) is 19.8 Å². The Balaban J connectivity index is 2.72. The van der Waals surface area contributed by atoms with Crippen LogP contribution in [0.1, 0.15) is 41.8 Å². The highest BCUT2D eigenvalue weighted by molar-refractivity contribution is 6.03. The minimum Gasteiger partial charge on any atom is -0.406 e. The number of nitrogens with zero attached hydrogens (tertiary/aromatic N) is 1. The molecular weight excluding hydrogens is 447 g/mol. The van der Waals surface area contributed by atoms with Gasteiger partial charge in [0.2, 0.25) is 5.91 Å². The van der Waals surface area contributed by atoms with Crippen LogP contribution in [0.15, 0.2) is 54.8 Å². The van der Waals surface area contributed by atoms with Crippen molar-refractivity contribution in [3.63, 3.8) is 0 Å². The van der Waals surface area contributed by atoms with E-state index >= 15 is 0 Å². The summed E-state index contributed by atoms with van der Waals surface area (Å²) < 4.78 is 41.6. The smallest absolute Gasteiger partial charge is 0.406 e. The second-order valence-electron chi connectivity index (χ2n) is 7.73. The lowest BCUT2D eigenvalue weighted by Crippen LogP contribution is -2.26. The van der Waals surface area contributed by atoms with Crippen molar-refractivity contribution in [2.24, 2.45) is 5.73 Å². The average Bonchev–Trinajstić information content (AvgIpc) is 2.76. The van der Waals surface area contributed by atoms with Crippen molar-refractivity contribution < 1.29 is 27.5 Å². The molecule has 0 atom stereocenters. The van der Waals surface area contributed by atoms with Crippen molar-refractivity contribution in [2.75, 3.05) is 11.9 Å². The van der Waals surface area contributed by atoms with E-state index in [0.29, 0.717) is 27.9 Å². The molecule has 0 unspecified atom stereocenters. The van der Waals surface area contributed by atoms with E-state index in [9.17, 15) is 22.8 Å². The van der Waals surface area contributed by atoms with E-state index in [1.54, 1.807) is 24.9 Å². The molecule has 0 aromatic heterocycles. The van der Waals surface area contributed by atoms with Crippen LogP contribution in [-0.2, 0) is 11.3 Å². The SMILES string of the molecule is C=CC(=O)NCc1cc(-c2ccc(OC(F)(F)F)cc2)c(C)c(N(C)/C=C(\C)CC)c1C(N)=O. The highest BCUT2D eigenvalue weighted by Crippen LogP contribution is 2.37. The van der Waals surface area contributed by atoms with Crippen LogP contribution in [0.3, 0.4) is 0 Å². The number of rotatable bonds is 9. The Morgan fingerprint density at radius 1 is 1.24 bits per heavy atom. The highest BCUT2D eigenvalue weighted by Gasteiger charge is 2.31. The minimum atomic E-state index is -4.80. The van der Waals surface area contributed by atoms with Crippen LogP contribution in [0, 0.1) is 6.92 Å². The van der Waals surface area contributed by atoms with Crippen LogP contribution in [0.4, 0.5) is 18.9 Å². The zero-order chi connectivity index (χ0) is 25.6. The predicted molar refractivity (Wildman–Crippen MR) is 126 cm³/mol. The lowest BCUT2D eigenvalue weighted by Gasteiger charge is -2.26. The number of alkyl halides is 3. The molecule has 0 spiro atoms. The first-order chi connectivity index (χ1) is 15.9. The molecule has 0 aliphatic rings. The number of anilines is 1. The number of nitrogens with two attached hydrogens (primary N) is 1. The first-order valence-electron chi connectivity index (χ1n) is 10.5. The minimum absolute atomic E-state index is 0.00297. The van der Waals surface area contributed by atoms with Crippen molar-refractivity contribution in [1.29, 1.82) is 0 Å². The van der Waals surface area contributed by atoms with E-state index in [-0.39, 0.29) is 17.9 Å². The van der Waals surface area contributed by atoms with Gasteiger partial charge in [-0.1, -0.05) is 31.2 Å². The molecule has 0 saturated carbocycles. The van der Waals surface area contributed by atoms with E-state index in [1.807, 2.05) is 20.0 Å². The van der Waals surface area contributed by atoms with Gasteiger partial charge in [-0.05, 0) is 66.8 Å². The number of nitrogens with one attached hydrogen (secondary N) is 1. The van der Waals surface area contributed by atoms with Gasteiger partial charge in [0.05, 0.1) is 11.3 Å². The van der Waals surface area contributed by atoms with Gasteiger partial charge in [0.25, 0.3) is 5.91 Å². The van der Waals surface area contributed by atoms with Crippen molar-refractivity contribution >= 4 is 17.5 Å². The largest absolute Gasteiger partial charge is 0.573 e. The highest BCUT2D eigenvalue weighted by atomic mass is 19.4. The molecule has 0 radical (unpaired) electrons. The van der Waals surface area contributed by atoms with Crippen molar-refractivity contribution in [3.8, 4) is 16.9 Å². The van der Waals surface area contributed by atoms with Crippen molar-refractivity contribution in [2.45, 2.75) is 40.1 Å². The number of hydrogen-bond donors (Lipinski definition) is 2. The fourth-order valence-electron chi connectivity index (χ4n) is 3.55. The van der Waals surface area contributed by atoms with Gasteiger partial charge in [-0.3, -0.25) is 9.59 Å². The van der Waals surface area contributed by atoms with E-state index in [0.717, 1.165) is 18.1 Å². The maximum Gasteiger partial charge on any atom is 0.573 e. The summed E-state index contributed by atoms with van der Waals surface area (Å²) in [4.78, 5) is 26.1. The topological polar surface area (TPSA) is 84.7 Å². The second kappa shape index (κ2) is 10.9. The quantitative estimate of drug-likeness (QED) is 0.488. The number of allylic oxidation sites excluding steroid dienone is 1. The van der Waals surface area contributed by atoms with Crippen LogP contribution in [0.25, 0.3) is 11.1 Å². The summed E-state index contributed by atoms with van der Waals surface area (Å²) in [5, 5.41) is 2.65. The molecule has 0 bridgehead atoms. The average molecular weight is 476 g/mol.